The lowest BCUT2D eigenvalue weighted by Crippen LogP contribution is -2.46. The first kappa shape index (κ1) is 48.8. The second kappa shape index (κ2) is 21.0. The molecule has 5 aliphatic rings. The van der Waals surface area contributed by atoms with Gasteiger partial charge in [-0.2, -0.15) is 0 Å². The summed E-state index contributed by atoms with van der Waals surface area (Å²) in [6, 6.07) is 39.6. The van der Waals surface area contributed by atoms with Crippen molar-refractivity contribution in [3.8, 4) is 44.5 Å². The third kappa shape index (κ3) is 9.82. The van der Waals surface area contributed by atoms with Crippen LogP contribution in [0.15, 0.2) is 121 Å². The number of amides is 4. The molecule has 16 bridgehead atoms. The molecule has 390 valence electrons. The van der Waals surface area contributed by atoms with Crippen molar-refractivity contribution in [2.24, 2.45) is 0 Å². The molecule has 16 heteroatoms. The van der Waals surface area contributed by atoms with Crippen molar-refractivity contribution in [2.45, 2.75) is 12.8 Å². The molecule has 78 heavy (non-hydrogen) atoms. The molecule has 0 radical (unpaired) electrons. The van der Waals surface area contributed by atoms with Crippen LogP contribution in [0.5, 0.6) is 0 Å². The van der Waals surface area contributed by atoms with Gasteiger partial charge >= 0.3 is 0 Å². The molecule has 1 saturated heterocycles. The number of rotatable bonds is 0. The van der Waals surface area contributed by atoms with Crippen molar-refractivity contribution in [3.05, 3.63) is 144 Å². The number of fused-ring (bicyclic) bond motifs is 22. The number of benzene rings is 4. The normalized spacial score (nSPS) is 20.5. The number of hydrogen-bond acceptors (Lipinski definition) is 10. The zero-order valence-electron chi connectivity index (χ0n) is 43.1. The minimum Gasteiger partial charge on any atom is -0.354 e. The Morgan fingerprint density at radius 2 is 0.551 bits per heavy atom. The summed E-state index contributed by atoms with van der Waals surface area (Å²) in [4.78, 5) is 86.0. The van der Waals surface area contributed by atoms with Crippen LogP contribution in [0.3, 0.4) is 0 Å². The fourth-order valence-electron chi connectivity index (χ4n) is 11.8. The SMILES string of the molecule is O=C1CN2CCCN3CCN4CCCN(CC2)CC(=O)Nc2ccccc2-c2c5nc(c(c6ccc([nH]6)c(c6nc(c(c7ccc2[nH]7)-c2ccccc2NC(=O)C4)C=C6)-c2ccccc2NC(=O)C3)-c2ccccc2N1)C=C5. The zero-order chi connectivity index (χ0) is 52.7. The van der Waals surface area contributed by atoms with E-state index >= 15 is 0 Å². The maximum Gasteiger partial charge on any atom is 0.238 e. The summed E-state index contributed by atoms with van der Waals surface area (Å²) in [5.41, 5.74) is 14.0. The van der Waals surface area contributed by atoms with Gasteiger partial charge in [0.2, 0.25) is 23.6 Å². The van der Waals surface area contributed by atoms with Crippen LogP contribution in [-0.2, 0) is 19.2 Å². The highest BCUT2D eigenvalue weighted by Gasteiger charge is 2.27. The van der Waals surface area contributed by atoms with Gasteiger partial charge in [-0.1, -0.05) is 72.8 Å². The summed E-state index contributed by atoms with van der Waals surface area (Å²) in [5, 5.41) is 13.3. The summed E-state index contributed by atoms with van der Waals surface area (Å²) in [6.07, 6.45) is 9.29. The highest BCUT2D eigenvalue weighted by atomic mass is 16.2. The molecular weight excluding hydrogens is 977 g/mol. The van der Waals surface area contributed by atoms with Crippen molar-refractivity contribution in [1.82, 2.24) is 39.5 Å². The van der Waals surface area contributed by atoms with Crippen molar-refractivity contribution in [3.63, 3.8) is 0 Å². The van der Waals surface area contributed by atoms with Gasteiger partial charge in [0, 0.05) is 116 Å². The van der Waals surface area contributed by atoms with Crippen LogP contribution in [0.4, 0.5) is 22.7 Å². The molecule has 4 aromatic carbocycles. The predicted molar refractivity (Wildman–Crippen MR) is 310 cm³/mol. The Morgan fingerprint density at radius 1 is 0.308 bits per heavy atom. The van der Waals surface area contributed by atoms with Gasteiger partial charge in [0.15, 0.2) is 0 Å². The van der Waals surface area contributed by atoms with Gasteiger partial charge in [0.1, 0.15) is 0 Å². The number of carbonyl (C=O) groups excluding carboxylic acids is 4. The summed E-state index contributed by atoms with van der Waals surface area (Å²) >= 11 is 0. The Kier molecular flexibility index (Phi) is 13.1. The average molecular weight is 1040 g/mol. The fourth-order valence-corrected chi connectivity index (χ4v) is 11.8. The maximum absolute atomic E-state index is 14.7. The standard InChI is InChI=1S/C62H58N12O4/c75-55-35-71-27-9-28-73-33-34-74-30-10-29-72(32-31-71)36-56(76)68-44-16-6-2-12-40(44)60-48-20-19-47(63-48)59(39-11-1-5-15-43(39)67-55)51-23-24-52(65-51)61(41-13-3-7-17-45(41)69-57(77)37-73)49-21-22-50(64-49)62(54-26-25-53(60)66-54)42-14-4-8-18-46(42)70-58(78)38-74/h1-8,11-26,65-66H,9-10,27-38H2,(H,67,75)(H,68,76)(H,69,77)(H,70,78). The van der Waals surface area contributed by atoms with Crippen molar-refractivity contribution < 1.29 is 19.2 Å². The van der Waals surface area contributed by atoms with Gasteiger partial charge in [-0.05, 0) is 112 Å². The van der Waals surface area contributed by atoms with Crippen LogP contribution in [0.1, 0.15) is 35.6 Å². The molecule has 1 fully saturated rings. The minimum absolute atomic E-state index is 0.0916. The summed E-state index contributed by atoms with van der Waals surface area (Å²) in [5.74, 6) is -0.733. The Hall–Kier alpha value is -8.80. The van der Waals surface area contributed by atoms with Crippen LogP contribution >= 0.6 is 0 Å². The molecule has 0 spiro atoms. The smallest absolute Gasteiger partial charge is 0.238 e. The minimum atomic E-state index is -0.183. The van der Waals surface area contributed by atoms with E-state index in [1.165, 1.54) is 0 Å². The highest BCUT2D eigenvalue weighted by Crippen LogP contribution is 2.43. The number of hydrogen-bond donors (Lipinski definition) is 6. The first-order valence-electron chi connectivity index (χ1n) is 26.9. The largest absolute Gasteiger partial charge is 0.354 e. The van der Waals surface area contributed by atoms with E-state index in [-0.39, 0.29) is 49.8 Å². The third-order valence-electron chi connectivity index (χ3n) is 15.5. The van der Waals surface area contributed by atoms with Crippen molar-refractivity contribution >= 4 is 92.7 Å². The first-order chi connectivity index (χ1) is 38.2. The van der Waals surface area contributed by atoms with E-state index in [2.05, 4.69) is 50.8 Å². The molecule has 4 amide bonds. The average Bonchev–Trinajstić information content (AvgIpc) is 4.43. The molecule has 4 unspecified atom stereocenters. The van der Waals surface area contributed by atoms with E-state index < -0.39 is 0 Å². The van der Waals surface area contributed by atoms with Crippen molar-refractivity contribution in [2.75, 3.05) is 99.8 Å². The summed E-state index contributed by atoms with van der Waals surface area (Å²) < 4.78 is 0. The summed E-state index contributed by atoms with van der Waals surface area (Å²) in [7, 11) is 0. The second-order valence-electron chi connectivity index (χ2n) is 20.7. The Balaban J connectivity index is 1.21. The molecule has 12 rings (SSSR count). The number of anilines is 4. The van der Waals surface area contributed by atoms with Crippen molar-refractivity contribution in [1.29, 1.82) is 0 Å². The van der Waals surface area contributed by atoms with Gasteiger partial charge < -0.3 is 31.2 Å². The Labute approximate surface area is 450 Å². The van der Waals surface area contributed by atoms with E-state index in [1.54, 1.807) is 0 Å². The molecule has 0 aliphatic carbocycles. The topological polar surface area (TPSA) is 187 Å². The zero-order valence-corrected chi connectivity index (χ0v) is 43.1. The predicted octanol–water partition coefficient (Wildman–Crippen LogP) is 9.12. The van der Waals surface area contributed by atoms with Gasteiger partial charge in [-0.3, -0.25) is 38.8 Å². The number of aromatic amines is 2. The summed E-state index contributed by atoms with van der Waals surface area (Å²) in [6.45, 7) is 4.52. The molecule has 5 aliphatic heterocycles. The Bertz CT molecular complexity index is 3340. The van der Waals surface area contributed by atoms with Crippen LogP contribution in [0, 0.1) is 0 Å². The molecule has 0 saturated carbocycles. The number of H-pyrrole nitrogens is 2. The van der Waals surface area contributed by atoms with E-state index in [0.717, 1.165) is 66.6 Å². The molecule has 7 aromatic rings. The lowest BCUT2D eigenvalue weighted by atomic mass is 10.0. The molecule has 4 atom stereocenters. The second-order valence-corrected chi connectivity index (χ2v) is 20.7. The fraction of sp³-hybridized carbons (Fsp3) is 0.226. The lowest BCUT2D eigenvalue weighted by Gasteiger charge is -2.31. The number of para-hydroxylation sites is 4. The maximum atomic E-state index is 14.7. The number of carbonyl (C=O) groups is 4. The quantitative estimate of drug-likeness (QED) is 0.0856. The molecule has 6 N–H and O–H groups in total. The van der Waals surface area contributed by atoms with E-state index in [9.17, 15) is 19.2 Å². The molecule has 16 nitrogen and oxygen atoms in total. The number of aromatic nitrogens is 4. The van der Waals surface area contributed by atoms with Crippen LogP contribution in [0.2, 0.25) is 0 Å². The first-order valence-corrected chi connectivity index (χ1v) is 26.9. The van der Waals surface area contributed by atoms with E-state index in [4.69, 9.17) is 9.97 Å². The van der Waals surface area contributed by atoms with Crippen LogP contribution in [0.25, 0.3) is 90.9 Å². The monoisotopic (exact) mass is 1030 g/mol. The number of nitrogens with zero attached hydrogens (tertiary/aromatic N) is 6. The van der Waals surface area contributed by atoms with Gasteiger partial charge in [-0.25, -0.2) is 9.97 Å². The van der Waals surface area contributed by atoms with E-state index in [1.807, 2.05) is 146 Å². The highest BCUT2D eigenvalue weighted by molar-refractivity contribution is 6.08. The van der Waals surface area contributed by atoms with Gasteiger partial charge in [-0.15, -0.1) is 0 Å². The lowest BCUT2D eigenvalue weighted by molar-refractivity contribution is -0.119. The van der Waals surface area contributed by atoms with Crippen LogP contribution in [-0.4, -0.2) is 142 Å². The van der Waals surface area contributed by atoms with Gasteiger partial charge in [0.05, 0.1) is 49.0 Å². The van der Waals surface area contributed by atoms with Crippen LogP contribution < -0.4 is 21.3 Å². The third-order valence-corrected chi connectivity index (χ3v) is 15.5. The molecule has 8 heterocycles. The number of nitrogens with one attached hydrogen (secondary N) is 6. The molecular formula is C62H58N12O4. The van der Waals surface area contributed by atoms with E-state index in [0.29, 0.717) is 111 Å². The Morgan fingerprint density at radius 3 is 0.808 bits per heavy atom. The molecule has 3 aromatic heterocycles. The van der Waals surface area contributed by atoms with Gasteiger partial charge in [0.25, 0.3) is 0 Å².